The van der Waals surface area contributed by atoms with Crippen molar-refractivity contribution in [3.05, 3.63) is 29.3 Å². The van der Waals surface area contributed by atoms with Gasteiger partial charge in [-0.3, -0.25) is 9.59 Å². The highest BCUT2D eigenvalue weighted by Crippen LogP contribution is 2.33. The summed E-state index contributed by atoms with van der Waals surface area (Å²) in [4.78, 5) is 25.1. The number of para-hydroxylation sites is 1. The van der Waals surface area contributed by atoms with E-state index in [4.69, 9.17) is 16.7 Å². The number of hydrogen-bond acceptors (Lipinski definition) is 4. The summed E-state index contributed by atoms with van der Waals surface area (Å²) in [5.74, 6) is -0.0601. The largest absolute Gasteiger partial charge is 0.396 e. The fourth-order valence-electron chi connectivity index (χ4n) is 1.82. The number of carbonyl (C=O) groups is 2. The topological polar surface area (TPSA) is 57.6 Å². The van der Waals surface area contributed by atoms with Crippen LogP contribution >= 0.6 is 23.4 Å². The zero-order valence-electron chi connectivity index (χ0n) is 9.51. The van der Waals surface area contributed by atoms with Crippen LogP contribution in [0.4, 0.5) is 5.69 Å². The molecule has 0 aliphatic carbocycles. The zero-order chi connectivity index (χ0) is 13.1. The SMILES string of the molecule is O=C1C[C@@H](SCCO)C(=O)N1c1ccccc1Cl. The predicted octanol–water partition coefficient (Wildman–Crippen LogP) is 1.70. The molecule has 18 heavy (non-hydrogen) atoms. The van der Waals surface area contributed by atoms with Crippen LogP contribution in [-0.2, 0) is 9.59 Å². The molecule has 0 bridgehead atoms. The van der Waals surface area contributed by atoms with Gasteiger partial charge in [-0.25, -0.2) is 4.90 Å². The number of aliphatic hydroxyl groups is 1. The Kier molecular flexibility index (Phi) is 4.27. The number of benzene rings is 1. The normalized spacial score (nSPS) is 19.7. The minimum atomic E-state index is -0.416. The van der Waals surface area contributed by atoms with Crippen LogP contribution in [0.25, 0.3) is 0 Å². The fraction of sp³-hybridized carbons (Fsp3) is 0.333. The molecular weight excluding hydrogens is 274 g/mol. The van der Waals surface area contributed by atoms with Gasteiger partial charge in [0.15, 0.2) is 0 Å². The third-order valence-electron chi connectivity index (χ3n) is 2.61. The van der Waals surface area contributed by atoms with Gasteiger partial charge in [-0.1, -0.05) is 23.7 Å². The summed E-state index contributed by atoms with van der Waals surface area (Å²) < 4.78 is 0. The van der Waals surface area contributed by atoms with Crippen LogP contribution in [0.1, 0.15) is 6.42 Å². The number of halogens is 1. The van der Waals surface area contributed by atoms with Crippen molar-refractivity contribution in [2.24, 2.45) is 0 Å². The van der Waals surface area contributed by atoms with Crippen molar-refractivity contribution in [3.63, 3.8) is 0 Å². The van der Waals surface area contributed by atoms with Gasteiger partial charge in [0, 0.05) is 12.2 Å². The fourth-order valence-corrected chi connectivity index (χ4v) is 2.93. The van der Waals surface area contributed by atoms with E-state index in [1.807, 2.05) is 0 Å². The van der Waals surface area contributed by atoms with Crippen molar-refractivity contribution in [1.82, 2.24) is 0 Å². The molecule has 6 heteroatoms. The molecule has 1 N–H and O–H groups in total. The maximum Gasteiger partial charge on any atom is 0.247 e. The van der Waals surface area contributed by atoms with E-state index in [1.54, 1.807) is 24.3 Å². The lowest BCUT2D eigenvalue weighted by molar-refractivity contribution is -0.121. The number of thioether (sulfide) groups is 1. The van der Waals surface area contributed by atoms with Crippen LogP contribution in [0.5, 0.6) is 0 Å². The van der Waals surface area contributed by atoms with Gasteiger partial charge in [0.1, 0.15) is 0 Å². The molecule has 1 aliphatic rings. The molecule has 1 heterocycles. The molecule has 0 spiro atoms. The summed E-state index contributed by atoms with van der Waals surface area (Å²) in [7, 11) is 0. The number of amides is 2. The first kappa shape index (κ1) is 13.4. The van der Waals surface area contributed by atoms with Crippen molar-refractivity contribution in [2.75, 3.05) is 17.3 Å². The molecule has 96 valence electrons. The Hall–Kier alpha value is -1.04. The molecule has 1 saturated heterocycles. The van der Waals surface area contributed by atoms with Crippen molar-refractivity contribution in [2.45, 2.75) is 11.7 Å². The van der Waals surface area contributed by atoms with E-state index in [2.05, 4.69) is 0 Å². The molecule has 1 aromatic rings. The van der Waals surface area contributed by atoms with Gasteiger partial charge >= 0.3 is 0 Å². The standard InChI is InChI=1S/C12H12ClNO3S/c13-8-3-1-2-4-9(8)14-11(16)7-10(12(14)17)18-6-5-15/h1-4,10,15H,5-7H2/t10-/m1/s1. The highest BCUT2D eigenvalue weighted by atomic mass is 35.5. The van der Waals surface area contributed by atoms with Gasteiger partial charge in [-0.2, -0.15) is 0 Å². The summed E-state index contributed by atoms with van der Waals surface area (Å²) in [5.41, 5.74) is 0.432. The molecule has 0 saturated carbocycles. The lowest BCUT2D eigenvalue weighted by Gasteiger charge is -2.16. The van der Waals surface area contributed by atoms with E-state index in [-0.39, 0.29) is 24.8 Å². The second-order valence-electron chi connectivity index (χ2n) is 3.81. The van der Waals surface area contributed by atoms with Crippen LogP contribution in [0.2, 0.25) is 5.02 Å². The van der Waals surface area contributed by atoms with E-state index < -0.39 is 5.25 Å². The Balaban J connectivity index is 2.22. The summed E-state index contributed by atoms with van der Waals surface area (Å²) in [6.45, 7) is -0.00523. The molecule has 2 amide bonds. The van der Waals surface area contributed by atoms with Crippen LogP contribution in [0.15, 0.2) is 24.3 Å². The van der Waals surface area contributed by atoms with Gasteiger partial charge in [-0.15, -0.1) is 11.8 Å². The average Bonchev–Trinajstić information content (AvgIpc) is 2.63. The summed E-state index contributed by atoms with van der Waals surface area (Å²) in [6, 6.07) is 6.77. The highest BCUT2D eigenvalue weighted by Gasteiger charge is 2.40. The molecule has 4 nitrogen and oxygen atoms in total. The van der Waals surface area contributed by atoms with Crippen LogP contribution in [-0.4, -0.2) is 34.5 Å². The first-order chi connectivity index (χ1) is 8.65. The van der Waals surface area contributed by atoms with Crippen molar-refractivity contribution in [3.8, 4) is 0 Å². The third kappa shape index (κ3) is 2.53. The maximum absolute atomic E-state index is 12.1. The molecule has 1 fully saturated rings. The Bertz CT molecular complexity index is 480. The van der Waals surface area contributed by atoms with Gasteiger partial charge in [0.2, 0.25) is 11.8 Å². The number of carbonyl (C=O) groups excluding carboxylic acids is 2. The molecule has 0 aromatic heterocycles. The lowest BCUT2D eigenvalue weighted by Crippen LogP contribution is -2.31. The quantitative estimate of drug-likeness (QED) is 0.856. The minimum absolute atomic E-state index is 0.00523. The van der Waals surface area contributed by atoms with Crippen molar-refractivity contribution in [1.29, 1.82) is 0 Å². The van der Waals surface area contributed by atoms with E-state index in [9.17, 15) is 9.59 Å². The zero-order valence-corrected chi connectivity index (χ0v) is 11.1. The van der Waals surface area contributed by atoms with Gasteiger partial charge < -0.3 is 5.11 Å². The van der Waals surface area contributed by atoms with Crippen molar-refractivity contribution < 1.29 is 14.7 Å². The van der Waals surface area contributed by atoms with Gasteiger partial charge in [0.05, 0.1) is 22.6 Å². The maximum atomic E-state index is 12.1. The molecular formula is C12H12ClNO3S. The molecule has 0 unspecified atom stereocenters. The molecule has 0 radical (unpaired) electrons. The van der Waals surface area contributed by atoms with Crippen molar-refractivity contribution >= 4 is 40.9 Å². The Morgan fingerprint density at radius 1 is 1.39 bits per heavy atom. The second kappa shape index (κ2) is 5.73. The molecule has 1 aromatic carbocycles. The number of rotatable bonds is 4. The Morgan fingerprint density at radius 3 is 2.78 bits per heavy atom. The number of nitrogens with zero attached hydrogens (tertiary/aromatic N) is 1. The van der Waals surface area contributed by atoms with E-state index in [0.717, 1.165) is 4.90 Å². The summed E-state index contributed by atoms with van der Waals surface area (Å²) in [5, 5.41) is 8.72. The first-order valence-corrected chi connectivity index (χ1v) is 6.91. The second-order valence-corrected chi connectivity index (χ2v) is 5.52. The van der Waals surface area contributed by atoms with Gasteiger partial charge in [0.25, 0.3) is 0 Å². The molecule has 1 aliphatic heterocycles. The number of imide groups is 1. The number of anilines is 1. The summed E-state index contributed by atoms with van der Waals surface area (Å²) >= 11 is 7.29. The van der Waals surface area contributed by atoms with Crippen LogP contribution in [0, 0.1) is 0 Å². The smallest absolute Gasteiger partial charge is 0.247 e. The van der Waals surface area contributed by atoms with E-state index in [0.29, 0.717) is 16.5 Å². The lowest BCUT2D eigenvalue weighted by atomic mass is 10.3. The Labute approximate surface area is 114 Å². The van der Waals surface area contributed by atoms with E-state index >= 15 is 0 Å². The summed E-state index contributed by atoms with van der Waals surface area (Å²) in [6.07, 6.45) is 0.161. The van der Waals surface area contributed by atoms with Crippen LogP contribution in [0.3, 0.4) is 0 Å². The molecule has 2 rings (SSSR count). The first-order valence-electron chi connectivity index (χ1n) is 5.49. The monoisotopic (exact) mass is 285 g/mol. The molecule has 1 atom stereocenters. The number of hydrogen-bond donors (Lipinski definition) is 1. The predicted molar refractivity (Wildman–Crippen MR) is 71.9 cm³/mol. The third-order valence-corrected chi connectivity index (χ3v) is 4.12. The van der Waals surface area contributed by atoms with E-state index in [1.165, 1.54) is 11.8 Å². The Morgan fingerprint density at radius 2 is 2.11 bits per heavy atom. The van der Waals surface area contributed by atoms with Crippen LogP contribution < -0.4 is 4.90 Å². The average molecular weight is 286 g/mol. The van der Waals surface area contributed by atoms with Gasteiger partial charge in [-0.05, 0) is 12.1 Å². The minimum Gasteiger partial charge on any atom is -0.396 e. The highest BCUT2D eigenvalue weighted by molar-refractivity contribution is 8.00. The number of aliphatic hydroxyl groups excluding tert-OH is 1.